The molecular formula is C17H23N5O. The molecule has 1 aromatic carbocycles. The fourth-order valence-electron chi connectivity index (χ4n) is 3.19. The number of aromatic nitrogens is 3. The molecule has 0 aliphatic carbocycles. The molecule has 122 valence electrons. The maximum atomic E-state index is 12.7. The maximum absolute atomic E-state index is 12.7. The van der Waals surface area contributed by atoms with Crippen molar-refractivity contribution in [3.05, 3.63) is 47.8 Å². The van der Waals surface area contributed by atoms with Crippen molar-refractivity contribution in [2.24, 2.45) is 12.5 Å². The van der Waals surface area contributed by atoms with E-state index in [9.17, 15) is 4.79 Å². The highest BCUT2D eigenvalue weighted by molar-refractivity contribution is 5.75. The Hall–Kier alpha value is -2.37. The number of urea groups is 1. The van der Waals surface area contributed by atoms with E-state index < -0.39 is 0 Å². The summed E-state index contributed by atoms with van der Waals surface area (Å²) in [5, 5.41) is 10.7. The summed E-state index contributed by atoms with van der Waals surface area (Å²) in [5.74, 6) is 0. The zero-order chi connectivity index (χ0) is 16.4. The number of benzene rings is 1. The Morgan fingerprint density at radius 3 is 2.74 bits per heavy atom. The highest BCUT2D eigenvalue weighted by atomic mass is 16.2. The molecule has 1 aliphatic rings. The van der Waals surface area contributed by atoms with Crippen molar-refractivity contribution in [1.82, 2.24) is 25.2 Å². The highest BCUT2D eigenvalue weighted by Crippen LogP contribution is 2.42. The molecule has 1 atom stereocenters. The van der Waals surface area contributed by atoms with Gasteiger partial charge in [0, 0.05) is 13.6 Å². The molecule has 1 unspecified atom stereocenters. The summed E-state index contributed by atoms with van der Waals surface area (Å²) in [4.78, 5) is 14.6. The van der Waals surface area contributed by atoms with Crippen LogP contribution in [0.5, 0.6) is 0 Å². The predicted molar refractivity (Wildman–Crippen MR) is 87.5 cm³/mol. The van der Waals surface area contributed by atoms with Gasteiger partial charge in [-0.3, -0.25) is 4.68 Å². The van der Waals surface area contributed by atoms with Crippen LogP contribution in [0.25, 0.3) is 0 Å². The van der Waals surface area contributed by atoms with Gasteiger partial charge in [-0.15, -0.1) is 5.10 Å². The first-order valence-corrected chi connectivity index (χ1v) is 7.89. The Labute approximate surface area is 136 Å². The first-order valence-electron chi connectivity index (χ1n) is 7.89. The number of nitrogens with zero attached hydrogens (tertiary/aromatic N) is 4. The lowest BCUT2D eigenvalue weighted by Gasteiger charge is -2.25. The predicted octanol–water partition coefficient (Wildman–Crippen LogP) is 2.50. The van der Waals surface area contributed by atoms with Gasteiger partial charge in [0.05, 0.1) is 24.5 Å². The fourth-order valence-corrected chi connectivity index (χ4v) is 3.19. The number of rotatable bonds is 3. The van der Waals surface area contributed by atoms with Crippen molar-refractivity contribution < 1.29 is 4.79 Å². The van der Waals surface area contributed by atoms with Gasteiger partial charge < -0.3 is 10.2 Å². The largest absolute Gasteiger partial charge is 0.332 e. The van der Waals surface area contributed by atoms with E-state index in [4.69, 9.17) is 0 Å². The summed E-state index contributed by atoms with van der Waals surface area (Å²) in [6.07, 6.45) is 2.64. The van der Waals surface area contributed by atoms with Crippen molar-refractivity contribution in [1.29, 1.82) is 0 Å². The van der Waals surface area contributed by atoms with Gasteiger partial charge in [-0.25, -0.2) is 4.79 Å². The molecule has 1 N–H and O–H groups in total. The van der Waals surface area contributed by atoms with Crippen LogP contribution in [0.15, 0.2) is 36.5 Å². The van der Waals surface area contributed by atoms with Crippen molar-refractivity contribution in [2.75, 3.05) is 6.54 Å². The standard InChI is InChI=1S/C17H23N5O/c1-17(2)9-15(13-7-5-4-6-8-13)22(12-17)16(23)18-10-14-11-19-20-21(14)3/h4-8,11,15H,9-10,12H2,1-3H3,(H,18,23). The second kappa shape index (κ2) is 6.02. The molecule has 0 spiro atoms. The molecule has 1 aliphatic heterocycles. The van der Waals surface area contributed by atoms with Crippen LogP contribution in [0, 0.1) is 5.41 Å². The van der Waals surface area contributed by atoms with E-state index in [0.717, 1.165) is 18.7 Å². The minimum absolute atomic E-state index is 0.0365. The number of likely N-dealkylation sites (tertiary alicyclic amines) is 1. The van der Waals surface area contributed by atoms with E-state index in [1.54, 1.807) is 10.9 Å². The topological polar surface area (TPSA) is 63.1 Å². The Morgan fingerprint density at radius 1 is 1.35 bits per heavy atom. The number of hydrogen-bond donors (Lipinski definition) is 1. The molecule has 6 heteroatoms. The smallest absolute Gasteiger partial charge is 0.318 e. The third-order valence-electron chi connectivity index (χ3n) is 4.39. The first kappa shape index (κ1) is 15.5. The number of amides is 2. The first-order chi connectivity index (χ1) is 11.0. The third-order valence-corrected chi connectivity index (χ3v) is 4.39. The normalized spacial score (nSPS) is 19.8. The molecular weight excluding hydrogens is 290 g/mol. The number of hydrogen-bond acceptors (Lipinski definition) is 3. The maximum Gasteiger partial charge on any atom is 0.318 e. The van der Waals surface area contributed by atoms with E-state index in [2.05, 4.69) is 41.6 Å². The fraction of sp³-hybridized carbons (Fsp3) is 0.471. The Balaban J connectivity index is 1.73. The number of carbonyl (C=O) groups excluding carboxylic acids is 1. The molecule has 2 heterocycles. The molecule has 1 fully saturated rings. The lowest BCUT2D eigenvalue weighted by atomic mass is 9.89. The minimum atomic E-state index is -0.0365. The summed E-state index contributed by atoms with van der Waals surface area (Å²) in [6.45, 7) is 5.60. The van der Waals surface area contributed by atoms with Gasteiger partial charge in [0.2, 0.25) is 0 Å². The van der Waals surface area contributed by atoms with Crippen LogP contribution in [-0.4, -0.2) is 32.5 Å². The van der Waals surface area contributed by atoms with Crippen molar-refractivity contribution in [3.8, 4) is 0 Å². The number of carbonyl (C=O) groups is 1. The zero-order valence-corrected chi connectivity index (χ0v) is 13.9. The molecule has 1 aromatic heterocycles. The van der Waals surface area contributed by atoms with Gasteiger partial charge in [0.1, 0.15) is 0 Å². The summed E-state index contributed by atoms with van der Waals surface area (Å²) in [5.41, 5.74) is 2.19. The third kappa shape index (κ3) is 3.36. The molecule has 0 radical (unpaired) electrons. The van der Waals surface area contributed by atoms with E-state index in [0.29, 0.717) is 6.54 Å². The molecule has 0 bridgehead atoms. The van der Waals surface area contributed by atoms with Gasteiger partial charge in [-0.2, -0.15) is 0 Å². The average Bonchev–Trinajstić information content (AvgIpc) is 3.08. The van der Waals surface area contributed by atoms with Gasteiger partial charge in [-0.1, -0.05) is 49.4 Å². The lowest BCUT2D eigenvalue weighted by molar-refractivity contribution is 0.189. The Kier molecular flexibility index (Phi) is 4.07. The summed E-state index contributed by atoms with van der Waals surface area (Å²) < 4.78 is 1.67. The summed E-state index contributed by atoms with van der Waals surface area (Å²) >= 11 is 0. The van der Waals surface area contributed by atoms with Crippen molar-refractivity contribution in [3.63, 3.8) is 0 Å². The summed E-state index contributed by atoms with van der Waals surface area (Å²) in [6, 6.07) is 10.3. The van der Waals surface area contributed by atoms with Crippen molar-refractivity contribution >= 4 is 6.03 Å². The second-order valence-corrected chi connectivity index (χ2v) is 6.93. The SMILES string of the molecule is Cn1nncc1CNC(=O)N1CC(C)(C)CC1c1ccccc1. The molecule has 1 saturated heterocycles. The quantitative estimate of drug-likeness (QED) is 0.947. The van der Waals surface area contributed by atoms with Crippen LogP contribution in [0.2, 0.25) is 0 Å². The Bertz CT molecular complexity index is 679. The molecule has 23 heavy (non-hydrogen) atoms. The van der Waals surface area contributed by atoms with Crippen LogP contribution in [0.3, 0.4) is 0 Å². The van der Waals surface area contributed by atoms with Crippen molar-refractivity contribution in [2.45, 2.75) is 32.9 Å². The molecule has 2 amide bonds. The molecule has 6 nitrogen and oxygen atoms in total. The van der Waals surface area contributed by atoms with Gasteiger partial charge in [-0.05, 0) is 17.4 Å². The number of nitrogens with one attached hydrogen (secondary N) is 1. The van der Waals surface area contributed by atoms with Gasteiger partial charge in [0.25, 0.3) is 0 Å². The van der Waals surface area contributed by atoms with E-state index >= 15 is 0 Å². The van der Waals surface area contributed by atoms with Crippen LogP contribution < -0.4 is 5.32 Å². The van der Waals surface area contributed by atoms with Gasteiger partial charge in [0.15, 0.2) is 0 Å². The Morgan fingerprint density at radius 2 is 2.09 bits per heavy atom. The lowest BCUT2D eigenvalue weighted by Crippen LogP contribution is -2.40. The highest BCUT2D eigenvalue weighted by Gasteiger charge is 2.40. The summed E-state index contributed by atoms with van der Waals surface area (Å²) in [7, 11) is 1.82. The average molecular weight is 313 g/mol. The van der Waals surface area contributed by atoms with Crippen LogP contribution >= 0.6 is 0 Å². The van der Waals surface area contributed by atoms with E-state index in [-0.39, 0.29) is 17.5 Å². The molecule has 0 saturated carbocycles. The number of aryl methyl sites for hydroxylation is 1. The van der Waals surface area contributed by atoms with E-state index in [1.165, 1.54) is 5.56 Å². The van der Waals surface area contributed by atoms with E-state index in [1.807, 2.05) is 30.1 Å². The molecule has 2 aromatic rings. The monoisotopic (exact) mass is 313 g/mol. The second-order valence-electron chi connectivity index (χ2n) is 6.93. The van der Waals surface area contributed by atoms with Crippen LogP contribution in [-0.2, 0) is 13.6 Å². The molecule has 3 rings (SSSR count). The zero-order valence-electron chi connectivity index (χ0n) is 13.9. The van der Waals surface area contributed by atoms with Gasteiger partial charge >= 0.3 is 6.03 Å². The van der Waals surface area contributed by atoms with Crippen LogP contribution in [0.4, 0.5) is 4.79 Å². The van der Waals surface area contributed by atoms with Crippen LogP contribution in [0.1, 0.15) is 37.6 Å². The minimum Gasteiger partial charge on any atom is -0.332 e.